The van der Waals surface area contributed by atoms with Crippen LogP contribution in [0.4, 0.5) is 0 Å². The summed E-state index contributed by atoms with van der Waals surface area (Å²) < 4.78 is 0. The van der Waals surface area contributed by atoms with Crippen LogP contribution in [0.25, 0.3) is 0 Å². The molecule has 0 saturated carbocycles. The number of guanidine groups is 1. The van der Waals surface area contributed by atoms with E-state index < -0.39 is 0 Å². The quantitative estimate of drug-likeness (QED) is 0.371. The lowest BCUT2D eigenvalue weighted by Crippen LogP contribution is -2.37. The summed E-state index contributed by atoms with van der Waals surface area (Å²) in [4.78, 5) is 5.37. The van der Waals surface area contributed by atoms with Gasteiger partial charge in [-0.15, -0.1) is 11.3 Å². The Kier molecular flexibility index (Phi) is 4.28. The molecular formula is C8H14N4S. The van der Waals surface area contributed by atoms with Gasteiger partial charge >= 0.3 is 0 Å². The predicted octanol–water partition coefficient (Wildman–Crippen LogP) is 0.329. The van der Waals surface area contributed by atoms with Crippen LogP contribution in [0.3, 0.4) is 0 Å². The van der Waals surface area contributed by atoms with Crippen LogP contribution in [0, 0.1) is 0 Å². The summed E-state index contributed by atoms with van der Waals surface area (Å²) in [5.74, 6) is 0.475. The van der Waals surface area contributed by atoms with Crippen LogP contribution < -0.4 is 16.4 Å². The number of nitrogens with one attached hydrogen (secondary N) is 2. The van der Waals surface area contributed by atoms with E-state index in [1.54, 1.807) is 11.3 Å². The lowest BCUT2D eigenvalue weighted by Gasteiger charge is -2.02. The zero-order chi connectivity index (χ0) is 9.52. The molecule has 0 aliphatic heterocycles. The summed E-state index contributed by atoms with van der Waals surface area (Å²) >= 11 is 1.68. The van der Waals surface area contributed by atoms with Crippen LogP contribution in [0.2, 0.25) is 0 Å². The number of nitrogens with two attached hydrogens (primary N) is 1. The van der Waals surface area contributed by atoms with E-state index in [1.807, 2.05) is 24.6 Å². The highest BCUT2D eigenvalue weighted by atomic mass is 32.1. The molecule has 1 aromatic rings. The number of nitrogens with zero attached hydrogens (tertiary/aromatic N) is 1. The average Bonchev–Trinajstić information content (AvgIpc) is 2.64. The first-order valence-electron chi connectivity index (χ1n) is 4.03. The monoisotopic (exact) mass is 198 g/mol. The van der Waals surface area contributed by atoms with Gasteiger partial charge in [0.25, 0.3) is 0 Å². The number of hydrogen-bond donors (Lipinski definition) is 3. The van der Waals surface area contributed by atoms with E-state index in [9.17, 15) is 0 Å². The third-order valence-electron chi connectivity index (χ3n) is 1.43. The first kappa shape index (κ1) is 10.0. The minimum Gasteiger partial charge on any atom is -0.370 e. The summed E-state index contributed by atoms with van der Waals surface area (Å²) in [7, 11) is 1.85. The SMILES string of the molecule is CNCNC(N)=NCc1cccs1. The molecule has 5 heteroatoms. The third-order valence-corrected chi connectivity index (χ3v) is 2.29. The molecule has 0 aliphatic carbocycles. The van der Waals surface area contributed by atoms with Crippen molar-refractivity contribution >= 4 is 17.3 Å². The van der Waals surface area contributed by atoms with Crippen LogP contribution in [0.15, 0.2) is 22.5 Å². The molecule has 0 spiro atoms. The lowest BCUT2D eigenvalue weighted by atomic mass is 10.5. The highest BCUT2D eigenvalue weighted by molar-refractivity contribution is 7.09. The highest BCUT2D eigenvalue weighted by Gasteiger charge is 1.92. The van der Waals surface area contributed by atoms with Crippen molar-refractivity contribution in [3.8, 4) is 0 Å². The topological polar surface area (TPSA) is 62.4 Å². The van der Waals surface area contributed by atoms with Gasteiger partial charge in [0.05, 0.1) is 13.2 Å². The fourth-order valence-corrected chi connectivity index (χ4v) is 1.43. The molecule has 0 radical (unpaired) electrons. The zero-order valence-corrected chi connectivity index (χ0v) is 8.40. The Bertz CT molecular complexity index is 255. The molecule has 0 atom stereocenters. The normalized spacial score (nSPS) is 11.6. The Morgan fingerprint density at radius 3 is 3.15 bits per heavy atom. The van der Waals surface area contributed by atoms with E-state index in [4.69, 9.17) is 5.73 Å². The van der Waals surface area contributed by atoms with Crippen LogP contribution in [0.1, 0.15) is 4.88 Å². The summed E-state index contributed by atoms with van der Waals surface area (Å²) in [5.41, 5.74) is 5.58. The van der Waals surface area contributed by atoms with Crippen molar-refractivity contribution in [1.82, 2.24) is 10.6 Å². The minimum atomic E-state index is 0.475. The second-order valence-corrected chi connectivity index (χ2v) is 3.52. The summed E-state index contributed by atoms with van der Waals surface area (Å²) in [6, 6.07) is 4.05. The van der Waals surface area contributed by atoms with Crippen molar-refractivity contribution in [2.45, 2.75) is 6.54 Å². The Labute approximate surface area is 81.9 Å². The van der Waals surface area contributed by atoms with Crippen LogP contribution in [0.5, 0.6) is 0 Å². The lowest BCUT2D eigenvalue weighted by molar-refractivity contribution is 0.753. The van der Waals surface area contributed by atoms with Crippen molar-refractivity contribution in [2.24, 2.45) is 10.7 Å². The van der Waals surface area contributed by atoms with Gasteiger partial charge in [-0.3, -0.25) is 0 Å². The van der Waals surface area contributed by atoms with E-state index in [2.05, 4.69) is 15.6 Å². The molecule has 4 N–H and O–H groups in total. The van der Waals surface area contributed by atoms with Gasteiger partial charge in [0.15, 0.2) is 5.96 Å². The second kappa shape index (κ2) is 5.55. The Hall–Kier alpha value is -1.07. The van der Waals surface area contributed by atoms with Crippen molar-refractivity contribution in [3.63, 3.8) is 0 Å². The smallest absolute Gasteiger partial charge is 0.189 e. The molecule has 13 heavy (non-hydrogen) atoms. The van der Waals surface area contributed by atoms with Gasteiger partial charge in [-0.25, -0.2) is 4.99 Å². The maximum absolute atomic E-state index is 5.58. The number of thiophene rings is 1. The number of rotatable bonds is 4. The molecular weight excluding hydrogens is 184 g/mol. The van der Waals surface area contributed by atoms with E-state index in [1.165, 1.54) is 4.88 Å². The van der Waals surface area contributed by atoms with E-state index in [-0.39, 0.29) is 0 Å². The molecule has 1 rings (SSSR count). The minimum absolute atomic E-state index is 0.475. The summed E-state index contributed by atoms with van der Waals surface area (Å²) in [6.45, 7) is 1.29. The largest absolute Gasteiger partial charge is 0.370 e. The van der Waals surface area contributed by atoms with Gasteiger partial charge in [0.2, 0.25) is 0 Å². The van der Waals surface area contributed by atoms with Crippen molar-refractivity contribution in [2.75, 3.05) is 13.7 Å². The van der Waals surface area contributed by atoms with Gasteiger partial charge in [-0.1, -0.05) is 6.07 Å². The molecule has 4 nitrogen and oxygen atoms in total. The highest BCUT2D eigenvalue weighted by Crippen LogP contribution is 2.08. The molecule has 72 valence electrons. The maximum atomic E-state index is 5.58. The Balaban J connectivity index is 2.30. The standard InChI is InChI=1S/C8H14N4S/c1-10-6-12-8(9)11-5-7-3-2-4-13-7/h2-4,10H,5-6H2,1H3,(H3,9,11,12). The van der Waals surface area contributed by atoms with Gasteiger partial charge in [-0.2, -0.15) is 0 Å². The second-order valence-electron chi connectivity index (χ2n) is 2.49. The molecule has 0 amide bonds. The zero-order valence-electron chi connectivity index (χ0n) is 7.58. The van der Waals surface area contributed by atoms with Crippen molar-refractivity contribution in [1.29, 1.82) is 0 Å². The molecule has 0 saturated heterocycles. The maximum Gasteiger partial charge on any atom is 0.189 e. The van der Waals surface area contributed by atoms with Crippen molar-refractivity contribution in [3.05, 3.63) is 22.4 Å². The molecule has 0 fully saturated rings. The van der Waals surface area contributed by atoms with E-state index >= 15 is 0 Å². The van der Waals surface area contributed by atoms with E-state index in [0.717, 1.165) is 0 Å². The van der Waals surface area contributed by atoms with E-state index in [0.29, 0.717) is 19.2 Å². The molecule has 1 heterocycles. The third kappa shape index (κ3) is 3.91. The molecule has 0 unspecified atom stereocenters. The van der Waals surface area contributed by atoms with Gasteiger partial charge in [0, 0.05) is 4.88 Å². The predicted molar refractivity (Wildman–Crippen MR) is 56.7 cm³/mol. The average molecular weight is 198 g/mol. The number of aliphatic imine (C=N–C) groups is 1. The van der Waals surface area contributed by atoms with Crippen molar-refractivity contribution < 1.29 is 0 Å². The Morgan fingerprint density at radius 2 is 2.54 bits per heavy atom. The van der Waals surface area contributed by atoms with Gasteiger partial charge in [0.1, 0.15) is 0 Å². The summed E-state index contributed by atoms with van der Waals surface area (Å²) in [6.07, 6.45) is 0. The molecule has 1 aromatic heterocycles. The fourth-order valence-electron chi connectivity index (χ4n) is 0.800. The first-order valence-corrected chi connectivity index (χ1v) is 4.91. The fraction of sp³-hybridized carbons (Fsp3) is 0.375. The summed E-state index contributed by atoms with van der Waals surface area (Å²) in [5, 5.41) is 7.87. The first-order chi connectivity index (χ1) is 6.33. The van der Waals surface area contributed by atoms with Crippen LogP contribution in [-0.2, 0) is 6.54 Å². The molecule has 0 aliphatic rings. The number of hydrogen-bond acceptors (Lipinski definition) is 3. The van der Waals surface area contributed by atoms with Gasteiger partial charge < -0.3 is 16.4 Å². The van der Waals surface area contributed by atoms with Crippen LogP contribution >= 0.6 is 11.3 Å². The molecule has 0 aromatic carbocycles. The Morgan fingerprint density at radius 1 is 1.69 bits per heavy atom. The van der Waals surface area contributed by atoms with Gasteiger partial charge in [-0.05, 0) is 18.5 Å². The molecule has 0 bridgehead atoms. The van der Waals surface area contributed by atoms with Crippen LogP contribution in [-0.4, -0.2) is 19.7 Å².